The lowest BCUT2D eigenvalue weighted by Gasteiger charge is -2.20. The molecule has 3 nitrogen and oxygen atoms in total. The van der Waals surface area contributed by atoms with Gasteiger partial charge in [-0.15, -0.1) is 0 Å². The Hall–Kier alpha value is -0.120. The first-order valence-corrected chi connectivity index (χ1v) is 7.11. The molecule has 102 valence electrons. The third-order valence-electron chi connectivity index (χ3n) is 3.53. The van der Waals surface area contributed by atoms with E-state index in [4.69, 9.17) is 9.47 Å². The molecule has 3 unspecified atom stereocenters. The third kappa shape index (κ3) is 6.39. The predicted octanol–water partition coefficient (Wildman–Crippen LogP) is 2.60. The van der Waals surface area contributed by atoms with Gasteiger partial charge in [-0.1, -0.05) is 13.3 Å². The van der Waals surface area contributed by atoms with E-state index in [0.717, 1.165) is 25.6 Å². The Morgan fingerprint density at radius 1 is 1.41 bits per heavy atom. The summed E-state index contributed by atoms with van der Waals surface area (Å²) in [6, 6.07) is 0. The van der Waals surface area contributed by atoms with Gasteiger partial charge in [0.2, 0.25) is 0 Å². The van der Waals surface area contributed by atoms with Crippen LogP contribution in [0.25, 0.3) is 0 Å². The summed E-state index contributed by atoms with van der Waals surface area (Å²) in [5.74, 6) is 0.757. The summed E-state index contributed by atoms with van der Waals surface area (Å²) in [7, 11) is 1.75. The summed E-state index contributed by atoms with van der Waals surface area (Å²) in [6.07, 6.45) is 7.25. The number of ether oxygens (including phenoxy) is 2. The molecule has 17 heavy (non-hydrogen) atoms. The second-order valence-corrected chi connectivity index (χ2v) is 5.23. The van der Waals surface area contributed by atoms with Crippen molar-refractivity contribution in [2.75, 3.05) is 26.8 Å². The maximum atomic E-state index is 5.91. The molecular weight excluding hydrogens is 214 g/mol. The van der Waals surface area contributed by atoms with Crippen LogP contribution in [0.5, 0.6) is 0 Å². The molecule has 0 spiro atoms. The van der Waals surface area contributed by atoms with Crippen LogP contribution in [0.4, 0.5) is 0 Å². The molecule has 3 heteroatoms. The van der Waals surface area contributed by atoms with E-state index in [-0.39, 0.29) is 0 Å². The normalized spacial score (nSPS) is 26.3. The van der Waals surface area contributed by atoms with Crippen molar-refractivity contribution in [3.05, 3.63) is 0 Å². The Labute approximate surface area is 106 Å². The summed E-state index contributed by atoms with van der Waals surface area (Å²) in [4.78, 5) is 0. The first-order valence-electron chi connectivity index (χ1n) is 7.11. The van der Waals surface area contributed by atoms with Crippen molar-refractivity contribution in [3.8, 4) is 0 Å². The van der Waals surface area contributed by atoms with Gasteiger partial charge in [-0.05, 0) is 45.1 Å². The van der Waals surface area contributed by atoms with Gasteiger partial charge in [0.05, 0.1) is 18.8 Å². The lowest BCUT2D eigenvalue weighted by Crippen LogP contribution is -2.28. The van der Waals surface area contributed by atoms with E-state index in [1.165, 1.54) is 32.1 Å². The van der Waals surface area contributed by atoms with Crippen molar-refractivity contribution in [3.63, 3.8) is 0 Å². The Morgan fingerprint density at radius 2 is 2.24 bits per heavy atom. The van der Waals surface area contributed by atoms with Crippen molar-refractivity contribution in [1.82, 2.24) is 5.32 Å². The fourth-order valence-electron chi connectivity index (χ4n) is 2.62. The van der Waals surface area contributed by atoms with E-state index in [1.807, 2.05) is 0 Å². The second-order valence-electron chi connectivity index (χ2n) is 5.23. The van der Waals surface area contributed by atoms with Crippen molar-refractivity contribution < 1.29 is 9.47 Å². The summed E-state index contributed by atoms with van der Waals surface area (Å²) in [6.45, 7) is 7.31. The van der Waals surface area contributed by atoms with Gasteiger partial charge >= 0.3 is 0 Å². The molecule has 1 rings (SSSR count). The first-order chi connectivity index (χ1) is 8.26. The molecular formula is C14H29NO2. The molecule has 0 bridgehead atoms. The standard InChI is InChI=1S/C14H29NO2/c1-4-5-13(11-15-8-9-16-3)10-14-7-6-12(2)17-14/h12-15H,4-11H2,1-3H3. The number of nitrogens with one attached hydrogen (secondary N) is 1. The highest BCUT2D eigenvalue weighted by Crippen LogP contribution is 2.26. The van der Waals surface area contributed by atoms with Crippen LogP contribution in [-0.2, 0) is 9.47 Å². The maximum Gasteiger partial charge on any atom is 0.0587 e. The third-order valence-corrected chi connectivity index (χ3v) is 3.53. The number of methoxy groups -OCH3 is 1. The molecule has 1 aliphatic rings. The molecule has 1 heterocycles. The Balaban J connectivity index is 2.17. The monoisotopic (exact) mass is 243 g/mol. The van der Waals surface area contributed by atoms with Crippen molar-refractivity contribution in [2.45, 2.75) is 58.2 Å². The summed E-state index contributed by atoms with van der Waals surface area (Å²) in [5.41, 5.74) is 0. The molecule has 1 aliphatic heterocycles. The summed E-state index contributed by atoms with van der Waals surface area (Å²) < 4.78 is 11.0. The molecule has 3 atom stereocenters. The van der Waals surface area contributed by atoms with E-state index >= 15 is 0 Å². The zero-order valence-corrected chi connectivity index (χ0v) is 11.7. The predicted molar refractivity (Wildman–Crippen MR) is 71.3 cm³/mol. The molecule has 1 fully saturated rings. The molecule has 0 aliphatic carbocycles. The van der Waals surface area contributed by atoms with Crippen LogP contribution in [-0.4, -0.2) is 39.0 Å². The van der Waals surface area contributed by atoms with Crippen LogP contribution in [0, 0.1) is 5.92 Å². The molecule has 0 aromatic rings. The molecule has 0 aromatic heterocycles. The van der Waals surface area contributed by atoms with E-state index in [9.17, 15) is 0 Å². The van der Waals surface area contributed by atoms with Crippen LogP contribution in [0.3, 0.4) is 0 Å². The van der Waals surface area contributed by atoms with Gasteiger partial charge in [-0.25, -0.2) is 0 Å². The van der Waals surface area contributed by atoms with E-state index < -0.39 is 0 Å². The van der Waals surface area contributed by atoms with E-state index in [2.05, 4.69) is 19.2 Å². The summed E-state index contributed by atoms with van der Waals surface area (Å²) in [5, 5.41) is 3.48. The lowest BCUT2D eigenvalue weighted by molar-refractivity contribution is 0.0397. The largest absolute Gasteiger partial charge is 0.383 e. The quantitative estimate of drug-likeness (QED) is 0.631. The SMILES string of the molecule is CCCC(CNCCOC)CC1CCC(C)O1. The highest BCUT2D eigenvalue weighted by Gasteiger charge is 2.24. The van der Waals surface area contributed by atoms with E-state index in [1.54, 1.807) is 7.11 Å². The average Bonchev–Trinajstić information content (AvgIpc) is 2.70. The van der Waals surface area contributed by atoms with Crippen LogP contribution in [0.2, 0.25) is 0 Å². The minimum Gasteiger partial charge on any atom is -0.383 e. The molecule has 1 saturated heterocycles. The zero-order valence-electron chi connectivity index (χ0n) is 11.7. The Bertz CT molecular complexity index is 187. The maximum absolute atomic E-state index is 5.91. The number of hydrogen-bond donors (Lipinski definition) is 1. The second kappa shape index (κ2) is 8.90. The smallest absolute Gasteiger partial charge is 0.0587 e. The Morgan fingerprint density at radius 3 is 2.82 bits per heavy atom. The molecule has 0 amide bonds. The molecule has 0 aromatic carbocycles. The van der Waals surface area contributed by atoms with Crippen LogP contribution >= 0.6 is 0 Å². The highest BCUT2D eigenvalue weighted by atomic mass is 16.5. The lowest BCUT2D eigenvalue weighted by atomic mass is 9.95. The zero-order chi connectivity index (χ0) is 12.5. The van der Waals surface area contributed by atoms with Gasteiger partial charge in [0.15, 0.2) is 0 Å². The molecule has 0 radical (unpaired) electrons. The fraction of sp³-hybridized carbons (Fsp3) is 1.00. The number of rotatable bonds is 9. The van der Waals surface area contributed by atoms with Crippen LogP contribution < -0.4 is 5.32 Å². The van der Waals surface area contributed by atoms with Crippen molar-refractivity contribution in [2.24, 2.45) is 5.92 Å². The summed E-state index contributed by atoms with van der Waals surface area (Å²) >= 11 is 0. The highest BCUT2D eigenvalue weighted by molar-refractivity contribution is 4.75. The van der Waals surface area contributed by atoms with Gasteiger partial charge in [0.25, 0.3) is 0 Å². The van der Waals surface area contributed by atoms with Crippen molar-refractivity contribution in [1.29, 1.82) is 0 Å². The first kappa shape index (κ1) is 14.9. The fourth-order valence-corrected chi connectivity index (χ4v) is 2.62. The van der Waals surface area contributed by atoms with Crippen molar-refractivity contribution >= 4 is 0 Å². The average molecular weight is 243 g/mol. The van der Waals surface area contributed by atoms with Gasteiger partial charge in [0, 0.05) is 13.7 Å². The van der Waals surface area contributed by atoms with Gasteiger partial charge in [-0.2, -0.15) is 0 Å². The van der Waals surface area contributed by atoms with Crippen LogP contribution in [0.1, 0.15) is 46.0 Å². The van der Waals surface area contributed by atoms with Gasteiger partial charge < -0.3 is 14.8 Å². The van der Waals surface area contributed by atoms with Crippen LogP contribution in [0.15, 0.2) is 0 Å². The minimum absolute atomic E-state index is 0.476. The van der Waals surface area contributed by atoms with Gasteiger partial charge in [0.1, 0.15) is 0 Å². The van der Waals surface area contributed by atoms with E-state index in [0.29, 0.717) is 12.2 Å². The van der Waals surface area contributed by atoms with Gasteiger partial charge in [-0.3, -0.25) is 0 Å². The topological polar surface area (TPSA) is 30.5 Å². The molecule has 0 saturated carbocycles. The number of hydrogen-bond acceptors (Lipinski definition) is 3. The minimum atomic E-state index is 0.476. The Kier molecular flexibility index (Phi) is 7.82. The molecule has 1 N–H and O–H groups in total.